The van der Waals surface area contributed by atoms with Crippen LogP contribution in [0.25, 0.3) is 6.08 Å². The maximum Gasteiger partial charge on any atom is 0.272 e. The van der Waals surface area contributed by atoms with Crippen LogP contribution in [-0.2, 0) is 9.59 Å². The summed E-state index contributed by atoms with van der Waals surface area (Å²) in [4.78, 5) is 49.6. The van der Waals surface area contributed by atoms with Crippen LogP contribution in [0.3, 0.4) is 0 Å². The van der Waals surface area contributed by atoms with E-state index in [-0.39, 0.29) is 22.9 Å². The fraction of sp³-hybridized carbons (Fsp3) is 0.0645. The lowest BCUT2D eigenvalue weighted by atomic mass is 10.1. The summed E-state index contributed by atoms with van der Waals surface area (Å²) in [7, 11) is 0. The number of nitrogens with one attached hydrogen (secondary N) is 3. The zero-order chi connectivity index (χ0) is 30.1. The third-order valence-corrected chi connectivity index (χ3v) is 6.99. The van der Waals surface area contributed by atoms with Gasteiger partial charge in [0.25, 0.3) is 17.5 Å². The number of nitro groups is 1. The Bertz CT molecular complexity index is 1630. The average molecular weight is 585 g/mol. The second kappa shape index (κ2) is 13.9. The highest BCUT2D eigenvalue weighted by Gasteiger charge is 2.18. The van der Waals surface area contributed by atoms with Crippen LogP contribution in [0.4, 0.5) is 21.5 Å². The maximum absolute atomic E-state index is 14.3. The first kappa shape index (κ1) is 29.7. The Labute approximate surface area is 245 Å². The van der Waals surface area contributed by atoms with Crippen molar-refractivity contribution in [3.63, 3.8) is 0 Å². The van der Waals surface area contributed by atoms with Gasteiger partial charge in [0.05, 0.1) is 10.2 Å². The molecule has 4 rings (SSSR count). The van der Waals surface area contributed by atoms with Crippen LogP contribution in [0.1, 0.15) is 22.8 Å². The maximum atomic E-state index is 14.3. The second-order valence-electron chi connectivity index (χ2n) is 8.93. The Morgan fingerprint density at radius 1 is 0.833 bits per heavy atom. The molecule has 0 aliphatic rings. The summed E-state index contributed by atoms with van der Waals surface area (Å²) in [6.07, 6.45) is 1.26. The second-order valence-corrected chi connectivity index (χ2v) is 10.3. The number of non-ortho nitro benzene ring substituents is 1. The van der Waals surface area contributed by atoms with Crippen LogP contribution in [0, 0.1) is 15.9 Å². The van der Waals surface area contributed by atoms with E-state index in [0.717, 1.165) is 4.90 Å². The highest BCUT2D eigenvalue weighted by atomic mass is 32.2. The Morgan fingerprint density at radius 3 is 2.07 bits per heavy atom. The summed E-state index contributed by atoms with van der Waals surface area (Å²) >= 11 is 1.28. The molecule has 3 N–H and O–H groups in total. The molecule has 0 heterocycles. The first-order chi connectivity index (χ1) is 20.2. The Morgan fingerprint density at radius 2 is 1.43 bits per heavy atom. The summed E-state index contributed by atoms with van der Waals surface area (Å²) in [6, 6.07) is 26.5. The number of nitrogens with zero attached hydrogens (tertiary/aromatic N) is 1. The molecule has 1 atom stereocenters. The van der Waals surface area contributed by atoms with E-state index in [1.165, 1.54) is 60.3 Å². The van der Waals surface area contributed by atoms with E-state index in [1.54, 1.807) is 67.6 Å². The van der Waals surface area contributed by atoms with Gasteiger partial charge in [0.1, 0.15) is 11.5 Å². The van der Waals surface area contributed by atoms with Gasteiger partial charge in [-0.25, -0.2) is 4.39 Å². The van der Waals surface area contributed by atoms with Crippen molar-refractivity contribution in [1.82, 2.24) is 5.32 Å². The van der Waals surface area contributed by atoms with Gasteiger partial charge >= 0.3 is 0 Å². The van der Waals surface area contributed by atoms with Crippen LogP contribution < -0.4 is 16.0 Å². The molecule has 0 fully saturated rings. The summed E-state index contributed by atoms with van der Waals surface area (Å²) in [5.74, 6) is -2.02. The van der Waals surface area contributed by atoms with E-state index in [9.17, 15) is 28.9 Å². The van der Waals surface area contributed by atoms with Crippen LogP contribution in [0.5, 0.6) is 0 Å². The highest BCUT2D eigenvalue weighted by Crippen LogP contribution is 2.26. The number of hydrogen-bond acceptors (Lipinski definition) is 6. The molecule has 0 bridgehead atoms. The van der Waals surface area contributed by atoms with Gasteiger partial charge in [-0.15, -0.1) is 11.8 Å². The molecule has 1 unspecified atom stereocenters. The number of nitro benzene ring substituents is 1. The number of thioether (sulfide) groups is 1. The van der Waals surface area contributed by atoms with E-state index < -0.39 is 27.8 Å². The number of halogens is 1. The molecule has 0 radical (unpaired) electrons. The van der Waals surface area contributed by atoms with Crippen molar-refractivity contribution in [3.05, 3.63) is 136 Å². The minimum absolute atomic E-state index is 0.0731. The lowest BCUT2D eigenvalue weighted by Gasteiger charge is -2.13. The van der Waals surface area contributed by atoms with Gasteiger partial charge in [-0.05, 0) is 67.6 Å². The smallest absolute Gasteiger partial charge is 0.272 e. The highest BCUT2D eigenvalue weighted by molar-refractivity contribution is 8.00. The van der Waals surface area contributed by atoms with E-state index in [4.69, 9.17) is 0 Å². The first-order valence-corrected chi connectivity index (χ1v) is 13.5. The molecule has 212 valence electrons. The number of carbonyl (C=O) groups excluding carboxylic acids is 3. The normalized spacial score (nSPS) is 11.7. The molecule has 0 spiro atoms. The zero-order valence-corrected chi connectivity index (χ0v) is 23.1. The van der Waals surface area contributed by atoms with Gasteiger partial charge in [-0.2, -0.15) is 0 Å². The van der Waals surface area contributed by atoms with Gasteiger partial charge in [-0.1, -0.05) is 36.4 Å². The SMILES string of the molecule is CC(Sc1ccc(NC(=O)/C(=C/c2ccccc2F)NC(=O)c2ccccc2)cc1)C(=O)Nc1ccc([N+](=O)[O-])cc1. The van der Waals surface area contributed by atoms with Crippen molar-refractivity contribution in [2.45, 2.75) is 17.1 Å². The van der Waals surface area contributed by atoms with Crippen molar-refractivity contribution in [1.29, 1.82) is 0 Å². The van der Waals surface area contributed by atoms with Crippen molar-refractivity contribution in [2.24, 2.45) is 0 Å². The molecule has 3 amide bonds. The molecule has 0 saturated heterocycles. The zero-order valence-electron chi connectivity index (χ0n) is 22.2. The van der Waals surface area contributed by atoms with Crippen molar-refractivity contribution < 1.29 is 23.7 Å². The predicted molar refractivity (Wildman–Crippen MR) is 160 cm³/mol. The molecule has 42 heavy (non-hydrogen) atoms. The quantitative estimate of drug-likeness (QED) is 0.0873. The van der Waals surface area contributed by atoms with Gasteiger partial charge in [0, 0.05) is 39.5 Å². The van der Waals surface area contributed by atoms with Crippen LogP contribution >= 0.6 is 11.8 Å². The van der Waals surface area contributed by atoms with Crippen LogP contribution in [0.2, 0.25) is 0 Å². The molecule has 11 heteroatoms. The van der Waals surface area contributed by atoms with Crippen LogP contribution in [-0.4, -0.2) is 27.9 Å². The number of hydrogen-bond donors (Lipinski definition) is 3. The molecular formula is C31H25FN4O5S. The fourth-order valence-electron chi connectivity index (χ4n) is 3.67. The van der Waals surface area contributed by atoms with Gasteiger partial charge in [0.2, 0.25) is 5.91 Å². The van der Waals surface area contributed by atoms with E-state index in [0.29, 0.717) is 16.9 Å². The first-order valence-electron chi connectivity index (χ1n) is 12.7. The van der Waals surface area contributed by atoms with Gasteiger partial charge in [-0.3, -0.25) is 24.5 Å². The molecule has 0 aliphatic heterocycles. The van der Waals surface area contributed by atoms with E-state index >= 15 is 0 Å². The van der Waals surface area contributed by atoms with Gasteiger partial charge in [0.15, 0.2) is 0 Å². The summed E-state index contributed by atoms with van der Waals surface area (Å²) in [5, 5.41) is 18.3. The number of amides is 3. The Hall–Kier alpha value is -5.29. The van der Waals surface area contributed by atoms with E-state index in [2.05, 4.69) is 16.0 Å². The summed E-state index contributed by atoms with van der Waals surface area (Å²) < 4.78 is 14.3. The lowest BCUT2D eigenvalue weighted by Crippen LogP contribution is -2.30. The molecule has 0 aliphatic carbocycles. The molecule has 0 saturated carbocycles. The molecule has 0 aromatic heterocycles. The fourth-order valence-corrected chi connectivity index (χ4v) is 4.54. The number of anilines is 2. The number of benzene rings is 4. The minimum atomic E-state index is -0.654. The van der Waals surface area contributed by atoms with Crippen molar-refractivity contribution in [2.75, 3.05) is 10.6 Å². The number of rotatable bonds is 10. The topological polar surface area (TPSA) is 130 Å². The summed E-state index contributed by atoms with van der Waals surface area (Å²) in [6.45, 7) is 1.72. The monoisotopic (exact) mass is 584 g/mol. The van der Waals surface area contributed by atoms with Crippen molar-refractivity contribution >= 4 is 52.6 Å². The summed E-state index contributed by atoms with van der Waals surface area (Å²) in [5.41, 5.74) is 1.09. The molecule has 4 aromatic rings. The third-order valence-electron chi connectivity index (χ3n) is 5.87. The van der Waals surface area contributed by atoms with Gasteiger partial charge < -0.3 is 16.0 Å². The third kappa shape index (κ3) is 8.12. The van der Waals surface area contributed by atoms with Crippen LogP contribution in [0.15, 0.2) is 114 Å². The Kier molecular flexibility index (Phi) is 9.80. The van der Waals surface area contributed by atoms with E-state index in [1.807, 2.05) is 0 Å². The lowest BCUT2D eigenvalue weighted by molar-refractivity contribution is -0.384. The standard InChI is InChI=1S/C31H25FN4O5S/c1-20(29(37)33-23-11-15-25(16-12-23)36(40)41)42-26-17-13-24(14-18-26)34-31(39)28(19-22-9-5-6-10-27(22)32)35-30(38)21-7-3-2-4-8-21/h2-20H,1H3,(H,33,37)(H,34,39)(H,35,38)/b28-19-. The number of carbonyl (C=O) groups is 3. The minimum Gasteiger partial charge on any atom is -0.325 e. The average Bonchev–Trinajstić information content (AvgIpc) is 2.99. The largest absolute Gasteiger partial charge is 0.325 e. The molecule has 4 aromatic carbocycles. The Balaban J connectivity index is 1.41. The predicted octanol–water partition coefficient (Wildman–Crippen LogP) is 6.26. The molecule has 9 nitrogen and oxygen atoms in total. The molecular weight excluding hydrogens is 559 g/mol. The van der Waals surface area contributed by atoms with Crippen molar-refractivity contribution in [3.8, 4) is 0 Å².